The largest absolute Gasteiger partial charge is 0.497 e. The van der Waals surface area contributed by atoms with Gasteiger partial charge in [0.25, 0.3) is 0 Å². The van der Waals surface area contributed by atoms with Crippen molar-refractivity contribution in [3.63, 3.8) is 0 Å². The summed E-state index contributed by atoms with van der Waals surface area (Å²) in [6.45, 7) is 4.08. The highest BCUT2D eigenvalue weighted by atomic mass is 19.1. The smallest absolute Gasteiger partial charge is 0.315 e. The molecular formula is C14H21FN2O3. The quantitative estimate of drug-likeness (QED) is 0.744. The highest BCUT2D eigenvalue weighted by Crippen LogP contribution is 2.15. The summed E-state index contributed by atoms with van der Waals surface area (Å²) in [5.41, 5.74) is 0.599. The van der Waals surface area contributed by atoms with E-state index >= 15 is 0 Å². The normalized spacial score (nSPS) is 12.1. The van der Waals surface area contributed by atoms with Crippen molar-refractivity contribution in [2.75, 3.05) is 13.7 Å². The number of hydrogen-bond donors (Lipinski definition) is 3. The molecule has 0 aliphatic carbocycles. The van der Waals surface area contributed by atoms with E-state index in [1.54, 1.807) is 6.07 Å². The number of aliphatic hydroxyl groups excluding tert-OH is 1. The van der Waals surface area contributed by atoms with Gasteiger partial charge in [-0.2, -0.15) is 0 Å². The number of amides is 2. The Bertz CT molecular complexity index is 452. The first-order valence-electron chi connectivity index (χ1n) is 6.45. The van der Waals surface area contributed by atoms with Crippen molar-refractivity contribution in [1.29, 1.82) is 0 Å². The molecule has 2 amide bonds. The van der Waals surface area contributed by atoms with Gasteiger partial charge in [0.1, 0.15) is 11.6 Å². The molecular weight excluding hydrogens is 263 g/mol. The SMILES string of the molecule is COc1cc(F)cc(CNC(=O)NCC(O)C(C)C)c1. The van der Waals surface area contributed by atoms with Crippen LogP contribution in [0.5, 0.6) is 5.75 Å². The summed E-state index contributed by atoms with van der Waals surface area (Å²) in [6, 6.07) is 3.83. The molecule has 0 fully saturated rings. The minimum atomic E-state index is -0.588. The van der Waals surface area contributed by atoms with Crippen molar-refractivity contribution in [3.05, 3.63) is 29.6 Å². The zero-order valence-corrected chi connectivity index (χ0v) is 11.9. The average molecular weight is 284 g/mol. The molecule has 1 atom stereocenters. The number of carbonyl (C=O) groups is 1. The number of ether oxygens (including phenoxy) is 1. The van der Waals surface area contributed by atoms with Crippen molar-refractivity contribution >= 4 is 6.03 Å². The number of halogens is 1. The van der Waals surface area contributed by atoms with Crippen molar-refractivity contribution in [3.8, 4) is 5.75 Å². The fourth-order valence-corrected chi connectivity index (χ4v) is 1.52. The van der Waals surface area contributed by atoms with Crippen LogP contribution in [0.4, 0.5) is 9.18 Å². The van der Waals surface area contributed by atoms with Gasteiger partial charge in [0, 0.05) is 19.2 Å². The second kappa shape index (κ2) is 7.69. The molecule has 3 N–H and O–H groups in total. The molecule has 1 unspecified atom stereocenters. The Morgan fingerprint density at radius 2 is 2.05 bits per heavy atom. The fourth-order valence-electron chi connectivity index (χ4n) is 1.52. The van der Waals surface area contributed by atoms with Crippen LogP contribution in [0.3, 0.4) is 0 Å². The van der Waals surface area contributed by atoms with E-state index < -0.39 is 18.0 Å². The van der Waals surface area contributed by atoms with E-state index in [1.807, 2.05) is 13.8 Å². The lowest BCUT2D eigenvalue weighted by Crippen LogP contribution is -2.40. The molecule has 0 bridgehead atoms. The molecule has 112 valence electrons. The maximum atomic E-state index is 13.2. The molecule has 20 heavy (non-hydrogen) atoms. The van der Waals surface area contributed by atoms with Crippen LogP contribution in [0.15, 0.2) is 18.2 Å². The summed E-state index contributed by atoms with van der Waals surface area (Å²) < 4.78 is 18.2. The molecule has 0 aliphatic heterocycles. The average Bonchev–Trinajstić information content (AvgIpc) is 2.41. The van der Waals surface area contributed by atoms with Crippen LogP contribution < -0.4 is 15.4 Å². The van der Waals surface area contributed by atoms with E-state index in [1.165, 1.54) is 19.2 Å². The minimum Gasteiger partial charge on any atom is -0.497 e. The zero-order valence-electron chi connectivity index (χ0n) is 11.9. The van der Waals surface area contributed by atoms with Crippen LogP contribution in [-0.2, 0) is 6.54 Å². The highest BCUT2D eigenvalue weighted by molar-refractivity contribution is 5.73. The Balaban J connectivity index is 2.43. The topological polar surface area (TPSA) is 70.6 Å². The van der Waals surface area contributed by atoms with Gasteiger partial charge < -0.3 is 20.5 Å². The van der Waals surface area contributed by atoms with Crippen molar-refractivity contribution < 1.29 is 19.0 Å². The molecule has 0 radical (unpaired) electrons. The van der Waals surface area contributed by atoms with Gasteiger partial charge in [0.2, 0.25) is 0 Å². The summed E-state index contributed by atoms with van der Waals surface area (Å²) in [4.78, 5) is 11.5. The first kappa shape index (κ1) is 16.2. The third kappa shape index (κ3) is 5.44. The molecule has 0 aliphatic rings. The van der Waals surface area contributed by atoms with Gasteiger partial charge in [-0.3, -0.25) is 0 Å². The van der Waals surface area contributed by atoms with Crippen LogP contribution in [-0.4, -0.2) is 30.9 Å². The van der Waals surface area contributed by atoms with Gasteiger partial charge in [0.05, 0.1) is 13.2 Å². The number of methoxy groups -OCH3 is 1. The van der Waals surface area contributed by atoms with E-state index in [-0.39, 0.29) is 19.0 Å². The summed E-state index contributed by atoms with van der Waals surface area (Å²) in [6.07, 6.45) is -0.588. The van der Waals surface area contributed by atoms with Crippen LogP contribution in [0.1, 0.15) is 19.4 Å². The van der Waals surface area contributed by atoms with E-state index in [9.17, 15) is 14.3 Å². The number of aliphatic hydroxyl groups is 1. The monoisotopic (exact) mass is 284 g/mol. The number of benzene rings is 1. The van der Waals surface area contributed by atoms with E-state index in [0.717, 1.165) is 0 Å². The summed E-state index contributed by atoms with van der Waals surface area (Å²) in [7, 11) is 1.45. The van der Waals surface area contributed by atoms with Gasteiger partial charge in [-0.05, 0) is 23.6 Å². The molecule has 0 heterocycles. The van der Waals surface area contributed by atoms with Crippen LogP contribution in [0, 0.1) is 11.7 Å². The summed E-state index contributed by atoms with van der Waals surface area (Å²) in [5.74, 6) is 0.0528. The third-order valence-corrected chi connectivity index (χ3v) is 2.86. The van der Waals surface area contributed by atoms with Gasteiger partial charge in [-0.15, -0.1) is 0 Å². The van der Waals surface area contributed by atoms with E-state index in [0.29, 0.717) is 11.3 Å². The predicted molar refractivity (Wildman–Crippen MR) is 74.0 cm³/mol. The molecule has 1 aromatic rings. The lowest BCUT2D eigenvalue weighted by atomic mass is 10.1. The predicted octanol–water partition coefficient (Wildman–Crippen LogP) is 1.65. The van der Waals surface area contributed by atoms with E-state index in [4.69, 9.17) is 4.74 Å². The second-order valence-electron chi connectivity index (χ2n) is 4.87. The molecule has 5 nitrogen and oxygen atoms in total. The van der Waals surface area contributed by atoms with Crippen molar-refractivity contribution in [1.82, 2.24) is 10.6 Å². The van der Waals surface area contributed by atoms with Crippen LogP contribution in [0.25, 0.3) is 0 Å². The number of urea groups is 1. The maximum absolute atomic E-state index is 13.2. The Morgan fingerprint density at radius 3 is 2.65 bits per heavy atom. The van der Waals surface area contributed by atoms with Crippen molar-refractivity contribution in [2.45, 2.75) is 26.5 Å². The zero-order chi connectivity index (χ0) is 15.1. The first-order chi connectivity index (χ1) is 9.42. The third-order valence-electron chi connectivity index (χ3n) is 2.86. The molecule has 0 saturated carbocycles. The Kier molecular flexibility index (Phi) is 6.24. The minimum absolute atomic E-state index is 0.0720. The highest BCUT2D eigenvalue weighted by Gasteiger charge is 2.10. The Labute approximate surface area is 118 Å². The molecule has 1 rings (SSSR count). The molecule has 1 aromatic carbocycles. The van der Waals surface area contributed by atoms with Gasteiger partial charge in [-0.1, -0.05) is 13.8 Å². The lowest BCUT2D eigenvalue weighted by molar-refractivity contribution is 0.125. The number of hydrogen-bond acceptors (Lipinski definition) is 3. The van der Waals surface area contributed by atoms with Gasteiger partial charge >= 0.3 is 6.03 Å². The van der Waals surface area contributed by atoms with Gasteiger partial charge in [-0.25, -0.2) is 9.18 Å². The maximum Gasteiger partial charge on any atom is 0.315 e. The molecule has 0 saturated heterocycles. The second-order valence-corrected chi connectivity index (χ2v) is 4.87. The summed E-state index contributed by atoms with van der Waals surface area (Å²) in [5, 5.41) is 14.7. The molecule has 6 heteroatoms. The number of carbonyl (C=O) groups excluding carboxylic acids is 1. The van der Waals surface area contributed by atoms with Gasteiger partial charge in [0.15, 0.2) is 0 Å². The fraction of sp³-hybridized carbons (Fsp3) is 0.500. The number of rotatable bonds is 6. The molecule has 0 spiro atoms. The first-order valence-corrected chi connectivity index (χ1v) is 6.45. The van der Waals surface area contributed by atoms with Crippen LogP contribution in [0.2, 0.25) is 0 Å². The Morgan fingerprint density at radius 1 is 1.35 bits per heavy atom. The number of nitrogens with one attached hydrogen (secondary N) is 2. The lowest BCUT2D eigenvalue weighted by Gasteiger charge is -2.15. The summed E-state index contributed by atoms with van der Waals surface area (Å²) >= 11 is 0. The Hall–Kier alpha value is -1.82. The standard InChI is InChI=1S/C14H21FN2O3/c1-9(2)13(18)8-17-14(19)16-7-10-4-11(15)6-12(5-10)20-3/h4-6,9,13,18H,7-8H2,1-3H3,(H2,16,17,19). The van der Waals surface area contributed by atoms with E-state index in [2.05, 4.69) is 10.6 Å². The molecule has 0 aromatic heterocycles. The van der Waals surface area contributed by atoms with Crippen LogP contribution >= 0.6 is 0 Å². The van der Waals surface area contributed by atoms with Crippen molar-refractivity contribution in [2.24, 2.45) is 5.92 Å².